The van der Waals surface area contributed by atoms with Gasteiger partial charge in [0.1, 0.15) is 5.01 Å². The fraction of sp³-hybridized carbons (Fsp3) is 0.267. The van der Waals surface area contributed by atoms with E-state index in [1.165, 1.54) is 23.1 Å². The van der Waals surface area contributed by atoms with E-state index >= 15 is 0 Å². The predicted octanol–water partition coefficient (Wildman–Crippen LogP) is 3.93. The van der Waals surface area contributed by atoms with Crippen molar-refractivity contribution in [3.05, 3.63) is 33.3 Å². The van der Waals surface area contributed by atoms with Gasteiger partial charge in [0.05, 0.1) is 15.8 Å². The molecule has 2 heterocycles. The molecule has 7 nitrogen and oxygen atoms in total. The highest BCUT2D eigenvalue weighted by molar-refractivity contribution is 7.99. The topological polar surface area (TPSA) is 85.6 Å². The number of anilines is 1. The van der Waals surface area contributed by atoms with Crippen molar-refractivity contribution in [1.82, 2.24) is 25.0 Å². The van der Waals surface area contributed by atoms with Gasteiger partial charge in [0.15, 0.2) is 11.0 Å². The number of hydrogen-bond donors (Lipinski definition) is 1. The molecule has 1 amide bonds. The van der Waals surface area contributed by atoms with Crippen molar-refractivity contribution in [3.63, 3.8) is 0 Å². The zero-order valence-electron chi connectivity index (χ0n) is 13.9. The summed E-state index contributed by atoms with van der Waals surface area (Å²) >= 11 is 14.7. The molecule has 0 saturated heterocycles. The molecule has 3 rings (SSSR count). The molecule has 1 N–H and O–H groups in total. The Morgan fingerprint density at radius 2 is 2.04 bits per heavy atom. The molecule has 0 saturated carbocycles. The molecule has 11 heteroatoms. The van der Waals surface area contributed by atoms with Crippen LogP contribution in [0.2, 0.25) is 10.0 Å². The molecule has 0 unspecified atom stereocenters. The standard InChI is InChI=1S/C15H14Cl2N6OS2/c1-3-12-19-21-14(26-12)18-11(24)7-25-15-22-20-13(23(15)2)8-4-5-9(16)10(17)6-8/h4-6H,3,7H2,1-2H3,(H,18,21,24). The van der Waals surface area contributed by atoms with Crippen LogP contribution in [0.3, 0.4) is 0 Å². The summed E-state index contributed by atoms with van der Waals surface area (Å²) in [5.74, 6) is 0.657. The summed E-state index contributed by atoms with van der Waals surface area (Å²) in [4.78, 5) is 12.1. The van der Waals surface area contributed by atoms with Crippen LogP contribution in [-0.4, -0.2) is 36.6 Å². The quantitative estimate of drug-likeness (QED) is 0.598. The fourth-order valence-corrected chi connectivity index (χ4v) is 3.76. The summed E-state index contributed by atoms with van der Waals surface area (Å²) in [5.41, 5.74) is 0.798. The van der Waals surface area contributed by atoms with E-state index in [1.807, 2.05) is 20.0 Å². The van der Waals surface area contributed by atoms with Gasteiger partial charge in [-0.1, -0.05) is 53.2 Å². The van der Waals surface area contributed by atoms with Crippen molar-refractivity contribution in [2.45, 2.75) is 18.5 Å². The van der Waals surface area contributed by atoms with Crippen LogP contribution in [0.4, 0.5) is 5.13 Å². The van der Waals surface area contributed by atoms with Crippen LogP contribution in [0.15, 0.2) is 23.4 Å². The molecule has 0 fully saturated rings. The fourth-order valence-electron chi connectivity index (χ4n) is 2.06. The lowest BCUT2D eigenvalue weighted by Crippen LogP contribution is -2.14. The average molecular weight is 429 g/mol. The van der Waals surface area contributed by atoms with Crippen LogP contribution >= 0.6 is 46.3 Å². The molecule has 0 atom stereocenters. The highest BCUT2D eigenvalue weighted by Crippen LogP contribution is 2.29. The number of thioether (sulfide) groups is 1. The van der Waals surface area contributed by atoms with Crippen molar-refractivity contribution in [2.24, 2.45) is 7.05 Å². The van der Waals surface area contributed by atoms with E-state index in [9.17, 15) is 4.79 Å². The van der Waals surface area contributed by atoms with E-state index in [0.29, 0.717) is 26.2 Å². The Bertz CT molecular complexity index is 942. The monoisotopic (exact) mass is 428 g/mol. The van der Waals surface area contributed by atoms with Crippen LogP contribution in [0, 0.1) is 0 Å². The van der Waals surface area contributed by atoms with E-state index in [2.05, 4.69) is 25.7 Å². The molecule has 2 aromatic heterocycles. The Hall–Kier alpha value is -1.68. The number of benzene rings is 1. The number of nitrogens with zero attached hydrogens (tertiary/aromatic N) is 5. The zero-order valence-corrected chi connectivity index (χ0v) is 17.0. The van der Waals surface area contributed by atoms with Gasteiger partial charge in [0.25, 0.3) is 0 Å². The van der Waals surface area contributed by atoms with Gasteiger partial charge in [0, 0.05) is 12.6 Å². The number of aromatic nitrogens is 5. The third-order valence-electron chi connectivity index (χ3n) is 3.36. The molecule has 0 radical (unpaired) electrons. The lowest BCUT2D eigenvalue weighted by molar-refractivity contribution is -0.113. The Labute approximate surface area is 168 Å². The number of carbonyl (C=O) groups excluding carboxylic acids is 1. The van der Waals surface area contributed by atoms with Crippen LogP contribution in [0.1, 0.15) is 11.9 Å². The largest absolute Gasteiger partial charge is 0.305 e. The number of amides is 1. The van der Waals surface area contributed by atoms with Crippen LogP contribution in [0.25, 0.3) is 11.4 Å². The third kappa shape index (κ3) is 4.35. The van der Waals surface area contributed by atoms with Gasteiger partial charge in [-0.3, -0.25) is 10.1 Å². The maximum Gasteiger partial charge on any atom is 0.236 e. The third-order valence-corrected chi connectivity index (χ3v) is 6.10. The van der Waals surface area contributed by atoms with E-state index in [-0.39, 0.29) is 11.7 Å². The number of rotatable bonds is 6. The van der Waals surface area contributed by atoms with E-state index < -0.39 is 0 Å². The molecule has 3 aromatic rings. The Morgan fingerprint density at radius 1 is 1.23 bits per heavy atom. The molecule has 26 heavy (non-hydrogen) atoms. The molecule has 1 aromatic carbocycles. The predicted molar refractivity (Wildman–Crippen MR) is 105 cm³/mol. The normalized spacial score (nSPS) is 10.9. The first kappa shape index (κ1) is 19.1. The van der Waals surface area contributed by atoms with E-state index in [1.54, 1.807) is 16.7 Å². The van der Waals surface area contributed by atoms with Crippen molar-refractivity contribution >= 4 is 57.3 Å². The Morgan fingerprint density at radius 3 is 2.73 bits per heavy atom. The number of hydrogen-bond acceptors (Lipinski definition) is 7. The second kappa shape index (κ2) is 8.34. The molecule has 136 valence electrons. The minimum atomic E-state index is -0.173. The van der Waals surface area contributed by atoms with Gasteiger partial charge < -0.3 is 4.57 Å². The van der Waals surface area contributed by atoms with Crippen molar-refractivity contribution in [3.8, 4) is 11.4 Å². The molecular weight excluding hydrogens is 415 g/mol. The molecule has 0 aliphatic carbocycles. The maximum absolute atomic E-state index is 12.1. The summed E-state index contributed by atoms with van der Waals surface area (Å²) in [7, 11) is 1.83. The van der Waals surface area contributed by atoms with Gasteiger partial charge in [-0.2, -0.15) is 0 Å². The molecule has 0 spiro atoms. The highest BCUT2D eigenvalue weighted by atomic mass is 35.5. The van der Waals surface area contributed by atoms with Crippen molar-refractivity contribution < 1.29 is 4.79 Å². The second-order valence-electron chi connectivity index (χ2n) is 5.19. The molecule has 0 aliphatic rings. The van der Waals surface area contributed by atoms with Crippen molar-refractivity contribution in [2.75, 3.05) is 11.1 Å². The minimum absolute atomic E-state index is 0.173. The van der Waals surface area contributed by atoms with E-state index in [0.717, 1.165) is 17.0 Å². The van der Waals surface area contributed by atoms with Gasteiger partial charge in [-0.15, -0.1) is 20.4 Å². The summed E-state index contributed by atoms with van der Waals surface area (Å²) < 4.78 is 1.80. The lowest BCUT2D eigenvalue weighted by Gasteiger charge is -2.05. The second-order valence-corrected chi connectivity index (χ2v) is 8.00. The lowest BCUT2D eigenvalue weighted by atomic mass is 10.2. The molecular formula is C15H14Cl2N6OS2. The first-order chi connectivity index (χ1) is 12.5. The Balaban J connectivity index is 1.64. The number of halogens is 2. The Kier molecular flexibility index (Phi) is 6.13. The summed E-state index contributed by atoms with van der Waals surface area (Å²) in [6.45, 7) is 1.99. The van der Waals surface area contributed by atoms with Gasteiger partial charge in [-0.05, 0) is 24.6 Å². The number of nitrogens with one attached hydrogen (secondary N) is 1. The van der Waals surface area contributed by atoms with Crippen LogP contribution in [0.5, 0.6) is 0 Å². The maximum atomic E-state index is 12.1. The van der Waals surface area contributed by atoms with Crippen LogP contribution in [-0.2, 0) is 18.3 Å². The first-order valence-corrected chi connectivity index (χ1v) is 10.1. The summed E-state index contributed by atoms with van der Waals surface area (Å²) in [5, 5.41) is 21.9. The summed E-state index contributed by atoms with van der Waals surface area (Å²) in [6, 6.07) is 5.26. The molecule has 0 aliphatic heterocycles. The van der Waals surface area contributed by atoms with Gasteiger partial charge in [0.2, 0.25) is 11.0 Å². The van der Waals surface area contributed by atoms with E-state index in [4.69, 9.17) is 23.2 Å². The average Bonchev–Trinajstić information content (AvgIpc) is 3.22. The number of aryl methyl sites for hydroxylation is 1. The zero-order chi connectivity index (χ0) is 18.7. The first-order valence-electron chi connectivity index (χ1n) is 7.57. The highest BCUT2D eigenvalue weighted by Gasteiger charge is 2.15. The van der Waals surface area contributed by atoms with Gasteiger partial charge in [-0.25, -0.2) is 0 Å². The minimum Gasteiger partial charge on any atom is -0.305 e. The van der Waals surface area contributed by atoms with Crippen molar-refractivity contribution in [1.29, 1.82) is 0 Å². The van der Waals surface area contributed by atoms with Gasteiger partial charge >= 0.3 is 0 Å². The summed E-state index contributed by atoms with van der Waals surface area (Å²) in [6.07, 6.45) is 0.790. The van der Waals surface area contributed by atoms with Crippen LogP contribution < -0.4 is 5.32 Å². The number of carbonyl (C=O) groups is 1. The SMILES string of the molecule is CCc1nnc(NC(=O)CSc2nnc(-c3ccc(Cl)c(Cl)c3)n2C)s1. The molecule has 0 bridgehead atoms. The smallest absolute Gasteiger partial charge is 0.236 e.